The first-order chi connectivity index (χ1) is 12.7. The van der Waals surface area contributed by atoms with Crippen molar-refractivity contribution < 1.29 is 0 Å². The molecule has 0 radical (unpaired) electrons. The number of anilines is 1. The largest absolute Gasteiger partial charge is 0.277 e. The molecule has 0 unspecified atom stereocenters. The van der Waals surface area contributed by atoms with E-state index in [1.165, 1.54) is 30.4 Å². The average Bonchev–Trinajstić information content (AvgIpc) is 3.00. The van der Waals surface area contributed by atoms with Crippen LogP contribution in [0.3, 0.4) is 0 Å². The minimum Gasteiger partial charge on any atom is -0.277 e. The van der Waals surface area contributed by atoms with Gasteiger partial charge in [-0.05, 0) is 57.2 Å². The van der Waals surface area contributed by atoms with Gasteiger partial charge in [-0.15, -0.1) is 0 Å². The summed E-state index contributed by atoms with van der Waals surface area (Å²) in [5.74, 6) is 0.515. The second-order valence-electron chi connectivity index (χ2n) is 6.89. The van der Waals surface area contributed by atoms with Gasteiger partial charge in [0.25, 0.3) is 5.56 Å². The molecule has 3 rings (SSSR count). The van der Waals surface area contributed by atoms with Crippen LogP contribution in [0.4, 0.5) is 5.95 Å². The highest BCUT2D eigenvalue weighted by atomic mass is 16.1. The van der Waals surface area contributed by atoms with E-state index in [-0.39, 0.29) is 5.56 Å². The lowest BCUT2D eigenvalue weighted by molar-refractivity contribution is 0.719. The SMILES string of the molecule is CCCCCC1=C(C)CC/C1=N/Nc1nc2ccccc2c(=O)n1CC. The first kappa shape index (κ1) is 18.4. The molecule has 0 spiro atoms. The van der Waals surface area contributed by atoms with E-state index in [0.717, 1.165) is 25.0 Å². The van der Waals surface area contributed by atoms with E-state index >= 15 is 0 Å². The molecule has 0 bridgehead atoms. The molecule has 26 heavy (non-hydrogen) atoms. The predicted molar refractivity (Wildman–Crippen MR) is 109 cm³/mol. The lowest BCUT2D eigenvalue weighted by Crippen LogP contribution is -2.23. The number of allylic oxidation sites excluding steroid dienone is 2. The van der Waals surface area contributed by atoms with Gasteiger partial charge in [0.15, 0.2) is 0 Å². The highest BCUT2D eigenvalue weighted by Gasteiger charge is 2.18. The second-order valence-corrected chi connectivity index (χ2v) is 6.89. The molecule has 0 saturated carbocycles. The molecule has 0 fully saturated rings. The van der Waals surface area contributed by atoms with Gasteiger partial charge >= 0.3 is 0 Å². The number of para-hydroxylation sites is 1. The fourth-order valence-electron chi connectivity index (χ4n) is 3.55. The Balaban J connectivity index is 1.89. The zero-order valence-corrected chi connectivity index (χ0v) is 16.0. The zero-order valence-electron chi connectivity index (χ0n) is 16.0. The molecular weight excluding hydrogens is 324 g/mol. The van der Waals surface area contributed by atoms with Gasteiger partial charge in [-0.25, -0.2) is 10.4 Å². The van der Waals surface area contributed by atoms with E-state index in [9.17, 15) is 4.79 Å². The maximum absolute atomic E-state index is 12.7. The monoisotopic (exact) mass is 352 g/mol. The molecule has 0 amide bonds. The maximum Gasteiger partial charge on any atom is 0.262 e. The number of hydrogen-bond acceptors (Lipinski definition) is 4. The van der Waals surface area contributed by atoms with Gasteiger partial charge in [-0.3, -0.25) is 9.36 Å². The van der Waals surface area contributed by atoms with Crippen molar-refractivity contribution in [2.24, 2.45) is 5.10 Å². The maximum atomic E-state index is 12.7. The van der Waals surface area contributed by atoms with Crippen molar-refractivity contribution in [1.82, 2.24) is 9.55 Å². The predicted octanol–water partition coefficient (Wildman–Crippen LogP) is 4.87. The number of benzene rings is 1. The van der Waals surface area contributed by atoms with E-state index < -0.39 is 0 Å². The van der Waals surface area contributed by atoms with Gasteiger partial charge in [0.05, 0.1) is 16.6 Å². The topological polar surface area (TPSA) is 59.3 Å². The Morgan fingerprint density at radius 1 is 1.19 bits per heavy atom. The smallest absolute Gasteiger partial charge is 0.262 e. The number of nitrogens with one attached hydrogen (secondary N) is 1. The van der Waals surface area contributed by atoms with Crippen molar-refractivity contribution in [3.63, 3.8) is 0 Å². The summed E-state index contributed by atoms with van der Waals surface area (Å²) < 4.78 is 1.65. The summed E-state index contributed by atoms with van der Waals surface area (Å²) in [6.07, 6.45) is 6.81. The Morgan fingerprint density at radius 2 is 2.00 bits per heavy atom. The Labute approximate surface area is 154 Å². The minimum absolute atomic E-state index is 0.0258. The van der Waals surface area contributed by atoms with Crippen molar-refractivity contribution >= 4 is 22.6 Å². The van der Waals surface area contributed by atoms with Gasteiger partial charge in [0.1, 0.15) is 0 Å². The number of hydrazone groups is 1. The van der Waals surface area contributed by atoms with E-state index in [4.69, 9.17) is 0 Å². The number of unbranched alkanes of at least 4 members (excludes halogenated alkanes) is 2. The van der Waals surface area contributed by atoms with Gasteiger partial charge < -0.3 is 0 Å². The van der Waals surface area contributed by atoms with Crippen LogP contribution in [0.1, 0.15) is 59.3 Å². The van der Waals surface area contributed by atoms with Crippen molar-refractivity contribution in [1.29, 1.82) is 0 Å². The molecule has 1 N–H and O–H groups in total. The minimum atomic E-state index is -0.0258. The van der Waals surface area contributed by atoms with Crippen molar-refractivity contribution in [3.8, 4) is 0 Å². The lowest BCUT2D eigenvalue weighted by Gasteiger charge is -2.12. The molecule has 138 valence electrons. The molecule has 0 saturated heterocycles. The molecule has 2 aromatic rings. The summed E-state index contributed by atoms with van der Waals surface area (Å²) in [5, 5.41) is 5.29. The molecular formula is C21H28N4O. The van der Waals surface area contributed by atoms with E-state index in [1.807, 2.05) is 31.2 Å². The number of nitrogens with zero attached hydrogens (tertiary/aromatic N) is 3. The number of fused-ring (bicyclic) bond motifs is 1. The Kier molecular flexibility index (Phi) is 5.86. The Bertz CT molecular complexity index is 908. The van der Waals surface area contributed by atoms with Crippen LogP contribution in [0.2, 0.25) is 0 Å². The molecule has 1 aromatic carbocycles. The summed E-state index contributed by atoms with van der Waals surface area (Å²) >= 11 is 0. The molecule has 1 aliphatic carbocycles. The summed E-state index contributed by atoms with van der Waals surface area (Å²) in [5.41, 5.74) is 7.71. The van der Waals surface area contributed by atoms with E-state index in [0.29, 0.717) is 23.4 Å². The molecule has 5 nitrogen and oxygen atoms in total. The molecule has 1 heterocycles. The molecule has 5 heteroatoms. The third-order valence-corrected chi connectivity index (χ3v) is 5.10. The third-order valence-electron chi connectivity index (χ3n) is 5.10. The van der Waals surface area contributed by atoms with Crippen LogP contribution in [-0.4, -0.2) is 15.3 Å². The highest BCUT2D eigenvalue weighted by molar-refractivity contribution is 6.03. The quantitative estimate of drug-likeness (QED) is 0.571. The molecule has 0 atom stereocenters. The second kappa shape index (κ2) is 8.30. The summed E-state index contributed by atoms with van der Waals surface area (Å²) in [7, 11) is 0. The van der Waals surface area contributed by atoms with Crippen LogP contribution in [-0.2, 0) is 6.54 Å². The standard InChI is InChI=1S/C21H28N4O/c1-4-6-7-10-16-15(3)13-14-19(16)23-24-21-22-18-12-9-8-11-17(18)20(26)25(21)5-2/h8-9,11-12H,4-7,10,13-14H2,1-3H3,(H,22,24)/b23-19-. The van der Waals surface area contributed by atoms with Crippen molar-refractivity contribution in [2.45, 2.75) is 65.8 Å². The van der Waals surface area contributed by atoms with Crippen LogP contribution in [0.15, 0.2) is 45.3 Å². The van der Waals surface area contributed by atoms with Gasteiger partial charge in [-0.1, -0.05) is 37.5 Å². The third kappa shape index (κ3) is 3.71. The number of aromatic nitrogens is 2. The fraction of sp³-hybridized carbons (Fsp3) is 0.476. The zero-order chi connectivity index (χ0) is 18.5. The van der Waals surface area contributed by atoms with Crippen LogP contribution in [0.25, 0.3) is 10.9 Å². The number of hydrogen-bond donors (Lipinski definition) is 1. The van der Waals surface area contributed by atoms with E-state index in [2.05, 4.69) is 29.4 Å². The summed E-state index contributed by atoms with van der Waals surface area (Å²) in [6, 6.07) is 7.45. The van der Waals surface area contributed by atoms with Crippen molar-refractivity contribution in [3.05, 3.63) is 45.8 Å². The molecule has 1 aliphatic rings. The van der Waals surface area contributed by atoms with Crippen LogP contribution >= 0.6 is 0 Å². The van der Waals surface area contributed by atoms with Crippen LogP contribution in [0, 0.1) is 0 Å². The lowest BCUT2D eigenvalue weighted by atomic mass is 10.0. The van der Waals surface area contributed by atoms with Crippen LogP contribution < -0.4 is 11.0 Å². The highest BCUT2D eigenvalue weighted by Crippen LogP contribution is 2.28. The van der Waals surface area contributed by atoms with Gasteiger partial charge in [-0.2, -0.15) is 5.10 Å². The molecule has 0 aliphatic heterocycles. The summed E-state index contributed by atoms with van der Waals surface area (Å²) in [4.78, 5) is 17.3. The normalized spacial score (nSPS) is 16.0. The van der Waals surface area contributed by atoms with E-state index in [1.54, 1.807) is 4.57 Å². The number of rotatable bonds is 7. The molecule has 1 aromatic heterocycles. The Hall–Kier alpha value is -2.43. The van der Waals surface area contributed by atoms with Crippen LogP contribution in [0.5, 0.6) is 0 Å². The first-order valence-electron chi connectivity index (χ1n) is 9.66. The summed E-state index contributed by atoms with van der Waals surface area (Å²) in [6.45, 7) is 6.94. The first-order valence-corrected chi connectivity index (χ1v) is 9.66. The fourth-order valence-corrected chi connectivity index (χ4v) is 3.55. The Morgan fingerprint density at radius 3 is 2.77 bits per heavy atom. The average molecular weight is 352 g/mol. The van der Waals surface area contributed by atoms with Gasteiger partial charge in [0, 0.05) is 6.54 Å². The van der Waals surface area contributed by atoms with Crippen molar-refractivity contribution in [2.75, 3.05) is 5.43 Å². The van der Waals surface area contributed by atoms with Gasteiger partial charge in [0.2, 0.25) is 5.95 Å².